The van der Waals surface area contributed by atoms with Gasteiger partial charge in [0.2, 0.25) is 5.91 Å². The number of hydrogen-bond acceptors (Lipinski definition) is 4. The fourth-order valence-corrected chi connectivity index (χ4v) is 2.60. The first-order valence-electron chi connectivity index (χ1n) is 10.4. The lowest BCUT2D eigenvalue weighted by molar-refractivity contribution is -0.118. The quantitative estimate of drug-likeness (QED) is 0.281. The van der Waals surface area contributed by atoms with Crippen LogP contribution in [0.4, 0.5) is 0 Å². The van der Waals surface area contributed by atoms with E-state index in [0.717, 1.165) is 6.42 Å². The summed E-state index contributed by atoms with van der Waals surface area (Å²) in [5, 5.41) is 19.1. The molecule has 5 heteroatoms. The highest BCUT2D eigenvalue weighted by Gasteiger charge is 1.95. The number of unbranched alkanes of at least 4 members (excludes halogenated alkanes) is 12. The second-order valence-corrected chi connectivity index (χ2v) is 6.66. The predicted molar refractivity (Wildman–Crippen MR) is 107 cm³/mol. The number of aliphatic hydroxyl groups is 2. The molecule has 0 aliphatic carbocycles. The van der Waals surface area contributed by atoms with Crippen LogP contribution in [-0.2, 0) is 4.79 Å². The SMILES string of the molecule is CCCCCCCCCCCCCCCC(N)=O.OCCNCCO. The predicted octanol–water partition coefficient (Wildman–Crippen LogP) is 3.51. The molecule has 0 aromatic rings. The number of amides is 1. The van der Waals surface area contributed by atoms with Gasteiger partial charge in [0.15, 0.2) is 0 Å². The van der Waals surface area contributed by atoms with E-state index in [-0.39, 0.29) is 19.1 Å². The molecule has 25 heavy (non-hydrogen) atoms. The van der Waals surface area contributed by atoms with Crippen molar-refractivity contribution in [3.05, 3.63) is 0 Å². The van der Waals surface area contributed by atoms with Gasteiger partial charge in [-0.3, -0.25) is 4.79 Å². The average Bonchev–Trinajstić information content (AvgIpc) is 2.60. The van der Waals surface area contributed by atoms with Gasteiger partial charge in [-0.05, 0) is 6.42 Å². The van der Waals surface area contributed by atoms with Crippen molar-refractivity contribution in [3.63, 3.8) is 0 Å². The summed E-state index contributed by atoms with van der Waals surface area (Å²) in [6.07, 6.45) is 17.9. The molecule has 0 saturated carbocycles. The minimum absolute atomic E-state index is 0.139. The summed E-state index contributed by atoms with van der Waals surface area (Å²) in [7, 11) is 0. The summed E-state index contributed by atoms with van der Waals surface area (Å²) in [5.74, 6) is -0.155. The van der Waals surface area contributed by atoms with E-state index in [4.69, 9.17) is 15.9 Å². The zero-order chi connectivity index (χ0) is 19.0. The summed E-state index contributed by atoms with van der Waals surface area (Å²) in [4.78, 5) is 10.5. The van der Waals surface area contributed by atoms with Crippen molar-refractivity contribution in [1.29, 1.82) is 0 Å². The first-order valence-corrected chi connectivity index (χ1v) is 10.4. The minimum Gasteiger partial charge on any atom is -0.395 e. The van der Waals surface area contributed by atoms with Gasteiger partial charge in [0, 0.05) is 19.5 Å². The molecule has 5 nitrogen and oxygen atoms in total. The normalized spacial score (nSPS) is 10.4. The molecule has 0 aliphatic heterocycles. The van der Waals surface area contributed by atoms with E-state index < -0.39 is 0 Å². The summed E-state index contributed by atoms with van der Waals surface area (Å²) in [6.45, 7) is 3.69. The topological polar surface area (TPSA) is 95.6 Å². The molecule has 0 aliphatic rings. The first-order chi connectivity index (χ1) is 12.2. The van der Waals surface area contributed by atoms with Gasteiger partial charge in [0.05, 0.1) is 13.2 Å². The maximum atomic E-state index is 10.5. The summed E-state index contributed by atoms with van der Waals surface area (Å²) in [6, 6.07) is 0. The fraction of sp³-hybridized carbons (Fsp3) is 0.950. The standard InChI is InChI=1S/C16H33NO.C4H11NO2/c1-2-3-4-5-6-7-8-9-10-11-12-13-14-15-16(17)18;6-3-1-5-2-4-7/h2-15H2,1H3,(H2,17,18);5-7H,1-4H2. The number of rotatable bonds is 18. The van der Waals surface area contributed by atoms with Gasteiger partial charge in [-0.25, -0.2) is 0 Å². The lowest BCUT2D eigenvalue weighted by Crippen LogP contribution is -2.21. The number of primary amides is 1. The van der Waals surface area contributed by atoms with Crippen LogP contribution in [0.2, 0.25) is 0 Å². The molecule has 0 radical (unpaired) electrons. The third kappa shape index (κ3) is 31.6. The van der Waals surface area contributed by atoms with Crippen molar-refractivity contribution in [2.75, 3.05) is 26.3 Å². The Balaban J connectivity index is 0. The van der Waals surface area contributed by atoms with E-state index in [1.165, 1.54) is 77.0 Å². The largest absolute Gasteiger partial charge is 0.395 e. The van der Waals surface area contributed by atoms with Gasteiger partial charge in [0.1, 0.15) is 0 Å². The van der Waals surface area contributed by atoms with Crippen LogP contribution in [0.5, 0.6) is 0 Å². The third-order valence-electron chi connectivity index (χ3n) is 4.10. The van der Waals surface area contributed by atoms with Gasteiger partial charge in [-0.2, -0.15) is 0 Å². The molecular formula is C20H44N2O3. The number of hydrogen-bond donors (Lipinski definition) is 4. The van der Waals surface area contributed by atoms with Crippen molar-refractivity contribution in [2.24, 2.45) is 5.73 Å². The summed E-state index contributed by atoms with van der Waals surface area (Å²) < 4.78 is 0. The summed E-state index contributed by atoms with van der Waals surface area (Å²) >= 11 is 0. The number of nitrogens with two attached hydrogens (primary N) is 1. The maximum absolute atomic E-state index is 10.5. The Hall–Kier alpha value is -0.650. The van der Waals surface area contributed by atoms with E-state index in [2.05, 4.69) is 12.2 Å². The van der Waals surface area contributed by atoms with Gasteiger partial charge < -0.3 is 21.3 Å². The highest BCUT2D eigenvalue weighted by molar-refractivity contribution is 5.73. The van der Waals surface area contributed by atoms with Crippen LogP contribution in [0.3, 0.4) is 0 Å². The Morgan fingerprint density at radius 1 is 0.720 bits per heavy atom. The maximum Gasteiger partial charge on any atom is 0.217 e. The molecular weight excluding hydrogens is 316 g/mol. The minimum atomic E-state index is -0.155. The van der Waals surface area contributed by atoms with Gasteiger partial charge >= 0.3 is 0 Å². The summed E-state index contributed by atoms with van der Waals surface area (Å²) in [5.41, 5.74) is 5.09. The molecule has 0 aromatic carbocycles. The van der Waals surface area contributed by atoms with Crippen LogP contribution in [0.1, 0.15) is 96.8 Å². The van der Waals surface area contributed by atoms with E-state index in [9.17, 15) is 4.79 Å². The zero-order valence-corrected chi connectivity index (χ0v) is 16.6. The fourth-order valence-electron chi connectivity index (χ4n) is 2.60. The highest BCUT2D eigenvalue weighted by atomic mass is 16.3. The molecule has 0 unspecified atom stereocenters. The Morgan fingerprint density at radius 2 is 1.08 bits per heavy atom. The molecule has 0 atom stereocenters. The van der Waals surface area contributed by atoms with E-state index in [1.807, 2.05) is 0 Å². The van der Waals surface area contributed by atoms with Crippen LogP contribution < -0.4 is 11.1 Å². The molecule has 5 N–H and O–H groups in total. The number of nitrogens with one attached hydrogen (secondary N) is 1. The Kier molecular flexibility index (Phi) is 27.2. The van der Waals surface area contributed by atoms with Crippen molar-refractivity contribution in [3.8, 4) is 0 Å². The zero-order valence-electron chi connectivity index (χ0n) is 16.6. The third-order valence-corrected chi connectivity index (χ3v) is 4.10. The Morgan fingerprint density at radius 3 is 1.40 bits per heavy atom. The first kappa shape index (κ1) is 26.6. The van der Waals surface area contributed by atoms with Crippen molar-refractivity contribution in [1.82, 2.24) is 5.32 Å². The highest BCUT2D eigenvalue weighted by Crippen LogP contribution is 2.12. The smallest absolute Gasteiger partial charge is 0.217 e. The molecule has 0 saturated heterocycles. The Labute approximate surface area is 155 Å². The molecule has 0 bridgehead atoms. The van der Waals surface area contributed by atoms with Crippen LogP contribution >= 0.6 is 0 Å². The molecule has 0 fully saturated rings. The van der Waals surface area contributed by atoms with Crippen LogP contribution in [-0.4, -0.2) is 42.4 Å². The number of carbonyl (C=O) groups is 1. The van der Waals surface area contributed by atoms with Crippen LogP contribution in [0, 0.1) is 0 Å². The van der Waals surface area contributed by atoms with E-state index in [0.29, 0.717) is 19.5 Å². The molecule has 0 heterocycles. The van der Waals surface area contributed by atoms with Gasteiger partial charge in [-0.15, -0.1) is 0 Å². The molecule has 0 rings (SSSR count). The number of carbonyl (C=O) groups excluding carboxylic acids is 1. The van der Waals surface area contributed by atoms with Crippen molar-refractivity contribution < 1.29 is 15.0 Å². The molecule has 0 aromatic heterocycles. The van der Waals surface area contributed by atoms with Gasteiger partial charge in [-0.1, -0.05) is 84.0 Å². The monoisotopic (exact) mass is 360 g/mol. The second kappa shape index (κ2) is 25.6. The Bertz CT molecular complexity index is 247. The van der Waals surface area contributed by atoms with E-state index in [1.54, 1.807) is 0 Å². The number of aliphatic hydroxyl groups excluding tert-OH is 2. The second-order valence-electron chi connectivity index (χ2n) is 6.66. The van der Waals surface area contributed by atoms with Crippen LogP contribution in [0.25, 0.3) is 0 Å². The van der Waals surface area contributed by atoms with E-state index >= 15 is 0 Å². The molecule has 0 spiro atoms. The molecule has 1 amide bonds. The lowest BCUT2D eigenvalue weighted by atomic mass is 10.0. The lowest BCUT2D eigenvalue weighted by Gasteiger charge is -2.02. The average molecular weight is 361 g/mol. The van der Waals surface area contributed by atoms with Crippen LogP contribution in [0.15, 0.2) is 0 Å². The van der Waals surface area contributed by atoms with Crippen molar-refractivity contribution >= 4 is 5.91 Å². The van der Waals surface area contributed by atoms with Crippen molar-refractivity contribution in [2.45, 2.75) is 96.8 Å². The molecule has 152 valence electrons. The van der Waals surface area contributed by atoms with Gasteiger partial charge in [0.25, 0.3) is 0 Å².